The third-order valence-corrected chi connectivity index (χ3v) is 5.24. The Kier molecular flexibility index (Phi) is 5.66. The van der Waals surface area contributed by atoms with E-state index in [1.807, 2.05) is 30.7 Å². The van der Waals surface area contributed by atoms with Gasteiger partial charge < -0.3 is 5.73 Å². The largest absolute Gasteiger partial charge is 0.351 e. The molecule has 7 heteroatoms. The number of primary amides is 1. The van der Waals surface area contributed by atoms with Crippen LogP contribution in [-0.4, -0.2) is 26.7 Å². The van der Waals surface area contributed by atoms with Crippen LogP contribution in [0.5, 0.6) is 0 Å². The normalized spacial score (nSPS) is 12.2. The number of carbonyl (C=O) groups excluding carboxylic acids is 2. The molecule has 0 radical (unpaired) electrons. The molecule has 1 unspecified atom stereocenters. The van der Waals surface area contributed by atoms with E-state index in [2.05, 4.69) is 36.3 Å². The lowest BCUT2D eigenvalue weighted by Crippen LogP contribution is -2.42. The monoisotopic (exact) mass is 346 g/mol. The van der Waals surface area contributed by atoms with Gasteiger partial charge in [0.25, 0.3) is 0 Å². The lowest BCUT2D eigenvalue weighted by atomic mass is 10.1. The molecule has 1 heterocycles. The zero-order valence-corrected chi connectivity index (χ0v) is 15.1. The van der Waals surface area contributed by atoms with E-state index in [0.717, 1.165) is 5.69 Å². The summed E-state index contributed by atoms with van der Waals surface area (Å²) in [6.45, 7) is 7.95. The molecule has 0 bridgehead atoms. The zero-order valence-electron chi connectivity index (χ0n) is 14.2. The van der Waals surface area contributed by atoms with Crippen LogP contribution in [0.3, 0.4) is 0 Å². The van der Waals surface area contributed by atoms with Crippen LogP contribution in [0.2, 0.25) is 0 Å². The number of nitrogens with zero attached hydrogens (tertiary/aromatic N) is 2. The number of amides is 3. The molecule has 1 aromatic heterocycles. The van der Waals surface area contributed by atoms with Gasteiger partial charge in [-0.2, -0.15) is 0 Å². The van der Waals surface area contributed by atoms with E-state index in [4.69, 9.17) is 5.73 Å². The van der Waals surface area contributed by atoms with Gasteiger partial charge in [0.2, 0.25) is 5.91 Å². The van der Waals surface area contributed by atoms with Crippen molar-refractivity contribution in [1.82, 2.24) is 14.9 Å². The molecule has 128 valence electrons. The molecular formula is C17H22N4O2S. The van der Waals surface area contributed by atoms with Crippen molar-refractivity contribution >= 4 is 23.7 Å². The van der Waals surface area contributed by atoms with Crippen LogP contribution < -0.4 is 11.1 Å². The van der Waals surface area contributed by atoms with Crippen LogP contribution in [0.1, 0.15) is 25.0 Å². The molecule has 3 amide bonds. The number of rotatable bonds is 5. The molecule has 0 spiro atoms. The first-order valence-corrected chi connectivity index (χ1v) is 8.55. The first kappa shape index (κ1) is 18.1. The van der Waals surface area contributed by atoms with Crippen molar-refractivity contribution in [3.05, 3.63) is 41.7 Å². The lowest BCUT2D eigenvalue weighted by Gasteiger charge is -2.19. The number of aromatic nitrogens is 2. The van der Waals surface area contributed by atoms with Crippen molar-refractivity contribution < 1.29 is 9.59 Å². The highest BCUT2D eigenvalue weighted by Crippen LogP contribution is 2.29. The maximum absolute atomic E-state index is 12.2. The molecule has 1 aromatic carbocycles. The van der Waals surface area contributed by atoms with Gasteiger partial charge in [0.1, 0.15) is 0 Å². The Morgan fingerprint density at radius 1 is 1.25 bits per heavy atom. The van der Waals surface area contributed by atoms with Gasteiger partial charge in [-0.25, -0.2) is 9.78 Å². The molecule has 1 atom stereocenters. The summed E-state index contributed by atoms with van der Waals surface area (Å²) < 4.78 is 1.93. The van der Waals surface area contributed by atoms with Crippen molar-refractivity contribution in [3.8, 4) is 5.69 Å². The molecular weight excluding hydrogens is 324 g/mol. The summed E-state index contributed by atoms with van der Waals surface area (Å²) in [6, 6.07) is 5.30. The number of nitrogens with two attached hydrogens (primary N) is 1. The lowest BCUT2D eigenvalue weighted by molar-refractivity contribution is -0.120. The van der Waals surface area contributed by atoms with Crippen LogP contribution in [-0.2, 0) is 4.79 Å². The Hall–Kier alpha value is -2.28. The molecule has 2 rings (SSSR count). The van der Waals surface area contributed by atoms with Crippen molar-refractivity contribution in [2.24, 2.45) is 11.7 Å². The molecule has 0 aliphatic rings. The number of imide groups is 1. The first-order chi connectivity index (χ1) is 11.3. The average molecular weight is 346 g/mol. The fraction of sp³-hybridized carbons (Fsp3) is 0.353. The molecule has 2 aromatic rings. The summed E-state index contributed by atoms with van der Waals surface area (Å²) in [6.07, 6.45) is 3.55. The summed E-state index contributed by atoms with van der Waals surface area (Å²) >= 11 is 1.32. The van der Waals surface area contributed by atoms with Crippen LogP contribution in [0.15, 0.2) is 35.7 Å². The van der Waals surface area contributed by atoms with Gasteiger partial charge in [0, 0.05) is 18.1 Å². The van der Waals surface area contributed by atoms with E-state index in [1.54, 1.807) is 6.20 Å². The summed E-state index contributed by atoms with van der Waals surface area (Å²) in [5.41, 5.74) is 8.44. The number of aryl methyl sites for hydroxylation is 2. The average Bonchev–Trinajstić information content (AvgIpc) is 2.94. The van der Waals surface area contributed by atoms with Gasteiger partial charge in [-0.15, -0.1) is 0 Å². The Balaban J connectivity index is 2.29. The molecule has 0 aliphatic heterocycles. The smallest absolute Gasteiger partial charge is 0.318 e. The number of hydrogen-bond acceptors (Lipinski definition) is 4. The van der Waals surface area contributed by atoms with Crippen LogP contribution in [0.25, 0.3) is 5.69 Å². The standard InChI is InChI=1S/C17H22N4O2S/c1-10(2)14(15(22)20-16(18)23)24-17-19-7-8-21(17)13-6-5-11(3)12(4)9-13/h5-10,14H,1-4H3,(H3,18,20,22,23). The van der Waals surface area contributed by atoms with Gasteiger partial charge in [-0.3, -0.25) is 14.7 Å². The van der Waals surface area contributed by atoms with E-state index in [-0.39, 0.29) is 5.92 Å². The molecule has 3 N–H and O–H groups in total. The topological polar surface area (TPSA) is 90.0 Å². The number of nitrogens with one attached hydrogen (secondary N) is 1. The minimum Gasteiger partial charge on any atom is -0.351 e. The Bertz CT molecular complexity index is 755. The highest BCUT2D eigenvalue weighted by atomic mass is 32.2. The third-order valence-electron chi connectivity index (χ3n) is 3.72. The van der Waals surface area contributed by atoms with E-state index in [0.29, 0.717) is 5.16 Å². The number of benzene rings is 1. The summed E-state index contributed by atoms with van der Waals surface area (Å²) in [4.78, 5) is 27.5. The van der Waals surface area contributed by atoms with Crippen molar-refractivity contribution in [2.75, 3.05) is 0 Å². The van der Waals surface area contributed by atoms with Gasteiger partial charge in [0.05, 0.1) is 5.25 Å². The van der Waals surface area contributed by atoms with Crippen LogP contribution in [0.4, 0.5) is 4.79 Å². The van der Waals surface area contributed by atoms with E-state index >= 15 is 0 Å². The molecule has 24 heavy (non-hydrogen) atoms. The van der Waals surface area contributed by atoms with E-state index in [9.17, 15) is 9.59 Å². The summed E-state index contributed by atoms with van der Waals surface area (Å²) in [7, 11) is 0. The maximum Gasteiger partial charge on any atom is 0.318 e. The van der Waals surface area contributed by atoms with Crippen LogP contribution >= 0.6 is 11.8 Å². The molecule has 0 fully saturated rings. The second-order valence-corrected chi connectivity index (χ2v) is 7.09. The Morgan fingerprint density at radius 2 is 1.96 bits per heavy atom. The molecule has 0 aliphatic carbocycles. The number of imidazole rings is 1. The first-order valence-electron chi connectivity index (χ1n) is 7.67. The summed E-state index contributed by atoms with van der Waals surface area (Å²) in [5, 5.41) is 2.38. The predicted octanol–water partition coefficient (Wildman–Crippen LogP) is 2.80. The number of thioether (sulfide) groups is 1. The van der Waals surface area contributed by atoms with Crippen molar-refractivity contribution in [2.45, 2.75) is 38.1 Å². The Labute approximate surface area is 145 Å². The fourth-order valence-corrected chi connectivity index (χ4v) is 3.31. The predicted molar refractivity (Wildman–Crippen MR) is 95.2 cm³/mol. The number of carbonyl (C=O) groups is 2. The number of hydrogen-bond donors (Lipinski definition) is 2. The van der Waals surface area contributed by atoms with E-state index < -0.39 is 17.2 Å². The van der Waals surface area contributed by atoms with Crippen LogP contribution in [0, 0.1) is 19.8 Å². The highest BCUT2D eigenvalue weighted by molar-refractivity contribution is 8.00. The Morgan fingerprint density at radius 3 is 2.54 bits per heavy atom. The molecule has 0 saturated carbocycles. The highest BCUT2D eigenvalue weighted by Gasteiger charge is 2.26. The molecule has 0 saturated heterocycles. The fourth-order valence-electron chi connectivity index (χ4n) is 2.25. The number of urea groups is 1. The quantitative estimate of drug-likeness (QED) is 0.815. The van der Waals surface area contributed by atoms with Gasteiger partial charge in [-0.05, 0) is 43.0 Å². The zero-order chi connectivity index (χ0) is 17.9. The minimum atomic E-state index is -0.844. The van der Waals surface area contributed by atoms with E-state index in [1.165, 1.54) is 22.9 Å². The SMILES string of the molecule is Cc1ccc(-n2ccnc2SC(C(=O)NC(N)=O)C(C)C)cc1C. The van der Waals surface area contributed by atoms with Crippen molar-refractivity contribution in [1.29, 1.82) is 0 Å². The van der Waals surface area contributed by atoms with Gasteiger partial charge in [0.15, 0.2) is 5.16 Å². The minimum absolute atomic E-state index is 0.0132. The van der Waals surface area contributed by atoms with Gasteiger partial charge in [-0.1, -0.05) is 31.7 Å². The second kappa shape index (κ2) is 7.53. The second-order valence-electron chi connectivity index (χ2n) is 5.98. The maximum atomic E-state index is 12.2. The summed E-state index contributed by atoms with van der Waals surface area (Å²) in [5.74, 6) is -0.392. The molecule has 6 nitrogen and oxygen atoms in total. The van der Waals surface area contributed by atoms with Gasteiger partial charge >= 0.3 is 6.03 Å². The third kappa shape index (κ3) is 4.17. The van der Waals surface area contributed by atoms with Crippen molar-refractivity contribution in [3.63, 3.8) is 0 Å².